The summed E-state index contributed by atoms with van der Waals surface area (Å²) in [4.78, 5) is 0. The first kappa shape index (κ1) is 19.8. The Hall–Kier alpha value is -1.56. The summed E-state index contributed by atoms with van der Waals surface area (Å²) in [6.45, 7) is 13.8. The minimum absolute atomic E-state index is 0.677. The van der Waals surface area contributed by atoms with E-state index in [9.17, 15) is 0 Å². The van der Waals surface area contributed by atoms with Gasteiger partial charge < -0.3 is 0 Å². The lowest BCUT2D eigenvalue weighted by atomic mass is 9.55. The highest BCUT2D eigenvalue weighted by Gasteiger charge is 2.45. The monoisotopic (exact) mass is 336 g/mol. The molecule has 1 aliphatic carbocycles. The molecule has 2 aromatic rings. The standard InChI is InChI=1S/C23H30.C2H6/c1-5-21-18(4)22(19-12-8-6-9-13-19)16(2)17(3)23(21)20-14-10-7-11-15-20;1-2/h6-18,21-23H,5H2,1-4H3;1-2H3/t16?,17?,18-,21+,22?,23?;/m0./s1. The molecule has 1 fully saturated rings. The molecule has 4 unspecified atom stereocenters. The van der Waals surface area contributed by atoms with Crippen molar-refractivity contribution in [2.24, 2.45) is 23.7 Å². The van der Waals surface area contributed by atoms with E-state index in [-0.39, 0.29) is 0 Å². The smallest absolute Gasteiger partial charge is 0.0102 e. The second kappa shape index (κ2) is 9.22. The van der Waals surface area contributed by atoms with Crippen LogP contribution in [-0.2, 0) is 0 Å². The summed E-state index contributed by atoms with van der Waals surface area (Å²) in [5.74, 6) is 4.26. The molecule has 2 aromatic carbocycles. The summed E-state index contributed by atoms with van der Waals surface area (Å²) in [7, 11) is 0. The van der Waals surface area contributed by atoms with Gasteiger partial charge in [0, 0.05) is 0 Å². The van der Waals surface area contributed by atoms with Crippen molar-refractivity contribution in [2.45, 2.75) is 59.8 Å². The van der Waals surface area contributed by atoms with E-state index in [2.05, 4.69) is 88.4 Å². The SMILES string of the molecule is CC.CC[C@H]1C(c2ccccc2)C(C)C(C)C(c2ccccc2)[C@H]1C. The summed E-state index contributed by atoms with van der Waals surface area (Å²) in [5, 5.41) is 0. The highest BCUT2D eigenvalue weighted by molar-refractivity contribution is 5.28. The first-order valence-corrected chi connectivity index (χ1v) is 10.2. The van der Waals surface area contributed by atoms with Gasteiger partial charge >= 0.3 is 0 Å². The molecule has 0 amide bonds. The van der Waals surface area contributed by atoms with Gasteiger partial charge in [-0.05, 0) is 46.6 Å². The maximum atomic E-state index is 2.49. The molecule has 25 heavy (non-hydrogen) atoms. The molecule has 1 saturated carbocycles. The highest BCUT2D eigenvalue weighted by Crippen LogP contribution is 2.54. The van der Waals surface area contributed by atoms with Crippen LogP contribution < -0.4 is 0 Å². The second-order valence-corrected chi connectivity index (χ2v) is 7.52. The molecule has 1 aliphatic rings. The summed E-state index contributed by atoms with van der Waals surface area (Å²) >= 11 is 0. The van der Waals surface area contributed by atoms with Crippen molar-refractivity contribution in [3.8, 4) is 0 Å². The van der Waals surface area contributed by atoms with Gasteiger partial charge in [-0.2, -0.15) is 0 Å². The zero-order chi connectivity index (χ0) is 18.4. The van der Waals surface area contributed by atoms with E-state index in [1.54, 1.807) is 0 Å². The molecule has 0 heteroatoms. The fraction of sp³-hybridized carbons (Fsp3) is 0.520. The molecule has 0 N–H and O–H groups in total. The zero-order valence-corrected chi connectivity index (χ0v) is 16.9. The molecular formula is C25H36. The van der Waals surface area contributed by atoms with Crippen molar-refractivity contribution in [3.63, 3.8) is 0 Å². The minimum Gasteiger partial charge on any atom is -0.0683 e. The summed E-state index contributed by atoms with van der Waals surface area (Å²) in [5.41, 5.74) is 3.07. The van der Waals surface area contributed by atoms with Crippen LogP contribution in [0.1, 0.15) is 70.9 Å². The van der Waals surface area contributed by atoms with E-state index in [1.807, 2.05) is 13.8 Å². The van der Waals surface area contributed by atoms with Crippen molar-refractivity contribution >= 4 is 0 Å². The van der Waals surface area contributed by atoms with Crippen LogP contribution in [-0.4, -0.2) is 0 Å². The quantitative estimate of drug-likeness (QED) is 0.543. The average molecular weight is 337 g/mol. The number of benzene rings is 2. The van der Waals surface area contributed by atoms with Crippen LogP contribution in [0, 0.1) is 23.7 Å². The van der Waals surface area contributed by atoms with Crippen LogP contribution in [0.15, 0.2) is 60.7 Å². The highest BCUT2D eigenvalue weighted by atomic mass is 14.5. The van der Waals surface area contributed by atoms with E-state index in [1.165, 1.54) is 17.5 Å². The van der Waals surface area contributed by atoms with Gasteiger partial charge in [0.15, 0.2) is 0 Å². The fourth-order valence-electron chi connectivity index (χ4n) is 5.25. The van der Waals surface area contributed by atoms with Crippen molar-refractivity contribution in [3.05, 3.63) is 71.8 Å². The Morgan fingerprint density at radius 1 is 0.600 bits per heavy atom. The van der Waals surface area contributed by atoms with Gasteiger partial charge in [-0.25, -0.2) is 0 Å². The van der Waals surface area contributed by atoms with Crippen molar-refractivity contribution in [2.75, 3.05) is 0 Å². The average Bonchev–Trinajstić information content (AvgIpc) is 2.68. The van der Waals surface area contributed by atoms with E-state index in [4.69, 9.17) is 0 Å². The molecule has 3 rings (SSSR count). The summed E-state index contributed by atoms with van der Waals surface area (Å²) in [6, 6.07) is 22.4. The van der Waals surface area contributed by atoms with E-state index >= 15 is 0 Å². The third kappa shape index (κ3) is 4.00. The zero-order valence-electron chi connectivity index (χ0n) is 16.9. The number of rotatable bonds is 3. The van der Waals surface area contributed by atoms with Crippen LogP contribution in [0.25, 0.3) is 0 Å². The maximum absolute atomic E-state index is 2.49. The molecular weight excluding hydrogens is 300 g/mol. The molecule has 0 heterocycles. The van der Waals surface area contributed by atoms with Crippen LogP contribution in [0.2, 0.25) is 0 Å². The first-order valence-electron chi connectivity index (χ1n) is 10.2. The summed E-state index contributed by atoms with van der Waals surface area (Å²) in [6.07, 6.45) is 1.27. The van der Waals surface area contributed by atoms with E-state index < -0.39 is 0 Å². The Kier molecular flexibility index (Phi) is 7.29. The molecule has 6 atom stereocenters. The Labute approximate surface area is 155 Å². The van der Waals surface area contributed by atoms with Gasteiger partial charge in [0.05, 0.1) is 0 Å². The Morgan fingerprint density at radius 2 is 1.00 bits per heavy atom. The molecule has 0 aliphatic heterocycles. The Morgan fingerprint density at radius 3 is 1.44 bits per heavy atom. The molecule has 0 saturated heterocycles. The normalized spacial score (nSPS) is 31.8. The fourth-order valence-corrected chi connectivity index (χ4v) is 5.25. The van der Waals surface area contributed by atoms with E-state index in [0.29, 0.717) is 23.7 Å². The van der Waals surface area contributed by atoms with Gasteiger partial charge in [0.2, 0.25) is 0 Å². The summed E-state index contributed by atoms with van der Waals surface area (Å²) < 4.78 is 0. The second-order valence-electron chi connectivity index (χ2n) is 7.52. The van der Waals surface area contributed by atoms with Crippen molar-refractivity contribution in [1.29, 1.82) is 0 Å². The molecule has 136 valence electrons. The van der Waals surface area contributed by atoms with Gasteiger partial charge in [0.1, 0.15) is 0 Å². The predicted octanol–water partition coefficient (Wildman–Crippen LogP) is 7.53. The van der Waals surface area contributed by atoms with Crippen LogP contribution >= 0.6 is 0 Å². The number of hydrogen-bond donors (Lipinski definition) is 0. The molecule has 0 bridgehead atoms. The third-order valence-electron chi connectivity index (χ3n) is 6.51. The molecule has 0 spiro atoms. The minimum atomic E-state index is 0.677. The molecule has 0 nitrogen and oxygen atoms in total. The van der Waals surface area contributed by atoms with Gasteiger partial charge in [0.25, 0.3) is 0 Å². The Bertz CT molecular complexity index is 600. The lowest BCUT2D eigenvalue weighted by Crippen LogP contribution is -2.40. The lowest BCUT2D eigenvalue weighted by molar-refractivity contribution is 0.0788. The predicted molar refractivity (Wildman–Crippen MR) is 111 cm³/mol. The Balaban J connectivity index is 0.00000109. The van der Waals surface area contributed by atoms with Gasteiger partial charge in [-0.3, -0.25) is 0 Å². The van der Waals surface area contributed by atoms with Crippen molar-refractivity contribution < 1.29 is 0 Å². The number of hydrogen-bond acceptors (Lipinski definition) is 0. The van der Waals surface area contributed by atoms with Gasteiger partial charge in [-0.15, -0.1) is 0 Å². The molecule has 0 aromatic heterocycles. The molecule has 0 radical (unpaired) electrons. The van der Waals surface area contributed by atoms with E-state index in [0.717, 1.165) is 11.8 Å². The van der Waals surface area contributed by atoms with Gasteiger partial charge in [-0.1, -0.05) is 109 Å². The van der Waals surface area contributed by atoms with Crippen LogP contribution in [0.4, 0.5) is 0 Å². The lowest BCUT2D eigenvalue weighted by Gasteiger charge is -2.50. The maximum Gasteiger partial charge on any atom is -0.0102 e. The van der Waals surface area contributed by atoms with Crippen LogP contribution in [0.3, 0.4) is 0 Å². The third-order valence-corrected chi connectivity index (χ3v) is 6.51. The largest absolute Gasteiger partial charge is 0.0683 e. The first-order chi connectivity index (χ1) is 12.1. The van der Waals surface area contributed by atoms with Crippen molar-refractivity contribution in [1.82, 2.24) is 0 Å². The topological polar surface area (TPSA) is 0 Å². The van der Waals surface area contributed by atoms with Crippen LogP contribution in [0.5, 0.6) is 0 Å².